The van der Waals surface area contributed by atoms with Gasteiger partial charge in [0.15, 0.2) is 0 Å². The number of hydrogen-bond donors (Lipinski definition) is 1. The van der Waals surface area contributed by atoms with Crippen molar-refractivity contribution in [3.8, 4) is 9.88 Å². The Kier molecular flexibility index (Phi) is 4.04. The predicted molar refractivity (Wildman–Crippen MR) is 69.9 cm³/mol. The van der Waals surface area contributed by atoms with Crippen molar-refractivity contribution in [1.29, 1.82) is 0 Å². The fourth-order valence-corrected chi connectivity index (χ4v) is 2.99. The normalized spacial score (nSPS) is 12.9. The van der Waals surface area contributed by atoms with E-state index in [4.69, 9.17) is 0 Å². The highest BCUT2D eigenvalue weighted by Gasteiger charge is 2.10. The van der Waals surface area contributed by atoms with Crippen LogP contribution in [0.3, 0.4) is 0 Å². The molecule has 0 aliphatic carbocycles. The predicted octanol–water partition coefficient (Wildman–Crippen LogP) is 3.33. The van der Waals surface area contributed by atoms with Crippen molar-refractivity contribution in [2.45, 2.75) is 26.3 Å². The van der Waals surface area contributed by atoms with Gasteiger partial charge in [-0.3, -0.25) is 4.98 Å². The lowest BCUT2D eigenvalue weighted by atomic mass is 10.2. The summed E-state index contributed by atoms with van der Waals surface area (Å²) in [6, 6.07) is 0.331. The maximum absolute atomic E-state index is 4.63. The molecule has 0 aliphatic heterocycles. The molecule has 2 heterocycles. The largest absolute Gasteiger partial charge is 0.309 e. The molecule has 1 unspecified atom stereocenters. The van der Waals surface area contributed by atoms with Crippen LogP contribution in [-0.2, 0) is 0 Å². The summed E-state index contributed by atoms with van der Waals surface area (Å²) in [4.78, 5) is 9.86. The van der Waals surface area contributed by atoms with Crippen molar-refractivity contribution in [3.63, 3.8) is 0 Å². The van der Waals surface area contributed by atoms with Gasteiger partial charge in [-0.2, -0.15) is 0 Å². The van der Waals surface area contributed by atoms with Gasteiger partial charge >= 0.3 is 0 Å². The van der Waals surface area contributed by atoms with Crippen LogP contribution in [0.25, 0.3) is 9.88 Å². The maximum Gasteiger partial charge on any atom is 0.135 e. The van der Waals surface area contributed by atoms with Crippen molar-refractivity contribution < 1.29 is 0 Å². The summed E-state index contributed by atoms with van der Waals surface area (Å²) in [5.41, 5.74) is 2.97. The fourth-order valence-electron chi connectivity index (χ4n) is 1.39. The van der Waals surface area contributed by atoms with Crippen LogP contribution >= 0.6 is 22.7 Å². The van der Waals surface area contributed by atoms with E-state index in [1.54, 1.807) is 22.7 Å². The second-order valence-corrected chi connectivity index (χ2v) is 5.36. The Morgan fingerprint density at radius 3 is 3.00 bits per heavy atom. The molecular formula is C11H15N3S2. The van der Waals surface area contributed by atoms with Crippen LogP contribution in [0.4, 0.5) is 0 Å². The molecular weight excluding hydrogens is 238 g/mol. The molecule has 1 N–H and O–H groups in total. The summed E-state index contributed by atoms with van der Waals surface area (Å²) in [6.45, 7) is 5.36. The molecule has 0 saturated heterocycles. The van der Waals surface area contributed by atoms with E-state index in [0.29, 0.717) is 6.04 Å². The van der Waals surface area contributed by atoms with E-state index in [1.807, 2.05) is 11.7 Å². The Hall–Kier alpha value is -0.780. The first-order valence-electron chi connectivity index (χ1n) is 5.39. The molecule has 2 aromatic heterocycles. The molecule has 0 spiro atoms. The first-order valence-corrected chi connectivity index (χ1v) is 7.15. The highest BCUT2D eigenvalue weighted by Crippen LogP contribution is 2.28. The van der Waals surface area contributed by atoms with Gasteiger partial charge < -0.3 is 5.32 Å². The van der Waals surface area contributed by atoms with Crippen molar-refractivity contribution in [2.75, 3.05) is 6.54 Å². The Labute approximate surface area is 104 Å². The van der Waals surface area contributed by atoms with Gasteiger partial charge in [0.2, 0.25) is 0 Å². The van der Waals surface area contributed by atoms with E-state index in [-0.39, 0.29) is 0 Å². The third-order valence-corrected chi connectivity index (χ3v) is 4.11. The summed E-state index contributed by atoms with van der Waals surface area (Å²) in [5.74, 6) is 0. The molecule has 16 heavy (non-hydrogen) atoms. The van der Waals surface area contributed by atoms with E-state index >= 15 is 0 Å². The number of nitrogens with one attached hydrogen (secondary N) is 1. The topological polar surface area (TPSA) is 37.8 Å². The zero-order valence-electron chi connectivity index (χ0n) is 9.43. The molecule has 5 heteroatoms. The van der Waals surface area contributed by atoms with Gasteiger partial charge in [0.25, 0.3) is 0 Å². The lowest BCUT2D eigenvalue weighted by Gasteiger charge is -2.09. The number of rotatable bonds is 5. The number of hydrogen-bond acceptors (Lipinski definition) is 5. The van der Waals surface area contributed by atoms with E-state index in [2.05, 4.69) is 34.5 Å². The van der Waals surface area contributed by atoms with Crippen LogP contribution in [0.5, 0.6) is 0 Å². The van der Waals surface area contributed by atoms with Gasteiger partial charge in [0, 0.05) is 17.6 Å². The molecule has 0 fully saturated rings. The summed E-state index contributed by atoms with van der Waals surface area (Å²) in [7, 11) is 0. The molecule has 0 bridgehead atoms. The lowest BCUT2D eigenvalue weighted by molar-refractivity contribution is 0.561. The second kappa shape index (κ2) is 5.52. The zero-order valence-corrected chi connectivity index (χ0v) is 11.1. The number of thiazole rings is 2. The summed E-state index contributed by atoms with van der Waals surface area (Å²) >= 11 is 3.32. The highest BCUT2D eigenvalue weighted by molar-refractivity contribution is 7.19. The van der Waals surface area contributed by atoms with Gasteiger partial charge in [-0.05, 0) is 19.9 Å². The van der Waals surface area contributed by atoms with Crippen LogP contribution in [0.2, 0.25) is 0 Å². The highest BCUT2D eigenvalue weighted by atomic mass is 32.1. The number of nitrogens with zero attached hydrogens (tertiary/aromatic N) is 2. The Balaban J connectivity index is 2.07. The summed E-state index contributed by atoms with van der Waals surface area (Å²) < 4.78 is 0. The van der Waals surface area contributed by atoms with E-state index < -0.39 is 0 Å². The average molecular weight is 253 g/mol. The third kappa shape index (κ3) is 2.66. The van der Waals surface area contributed by atoms with E-state index in [0.717, 1.165) is 28.5 Å². The van der Waals surface area contributed by atoms with Crippen LogP contribution in [0.1, 0.15) is 32.0 Å². The molecule has 2 rings (SSSR count). The average Bonchev–Trinajstić information content (AvgIpc) is 2.94. The van der Waals surface area contributed by atoms with Crippen LogP contribution in [0.15, 0.2) is 17.1 Å². The second-order valence-electron chi connectivity index (χ2n) is 3.62. The van der Waals surface area contributed by atoms with Crippen molar-refractivity contribution >= 4 is 22.7 Å². The van der Waals surface area contributed by atoms with Gasteiger partial charge in [-0.1, -0.05) is 6.92 Å². The summed E-state index contributed by atoms with van der Waals surface area (Å²) in [6.07, 6.45) is 3.02. The van der Waals surface area contributed by atoms with Gasteiger partial charge in [0.1, 0.15) is 5.01 Å². The molecule has 2 aromatic rings. The zero-order chi connectivity index (χ0) is 11.4. The Morgan fingerprint density at radius 2 is 2.31 bits per heavy atom. The van der Waals surface area contributed by atoms with Gasteiger partial charge in [-0.15, -0.1) is 22.7 Å². The Bertz CT molecular complexity index is 422. The number of aromatic nitrogens is 2. The minimum Gasteiger partial charge on any atom is -0.309 e. The minimum atomic E-state index is 0.331. The third-order valence-electron chi connectivity index (χ3n) is 2.31. The van der Waals surface area contributed by atoms with Gasteiger partial charge in [-0.25, -0.2) is 4.98 Å². The fraction of sp³-hybridized carbons (Fsp3) is 0.455. The molecule has 0 radical (unpaired) electrons. The molecule has 3 nitrogen and oxygen atoms in total. The smallest absolute Gasteiger partial charge is 0.135 e. The SMILES string of the molecule is CCCNC(C)c1csc(-c2cncs2)n1. The first-order chi connectivity index (χ1) is 7.81. The van der Waals surface area contributed by atoms with Crippen molar-refractivity contribution in [1.82, 2.24) is 15.3 Å². The van der Waals surface area contributed by atoms with Gasteiger partial charge in [0.05, 0.1) is 16.1 Å². The van der Waals surface area contributed by atoms with E-state index in [1.165, 1.54) is 0 Å². The molecule has 0 aromatic carbocycles. The first kappa shape index (κ1) is 11.7. The quantitative estimate of drug-likeness (QED) is 0.888. The van der Waals surface area contributed by atoms with Crippen molar-refractivity contribution in [2.24, 2.45) is 0 Å². The van der Waals surface area contributed by atoms with Crippen molar-refractivity contribution in [3.05, 3.63) is 22.8 Å². The van der Waals surface area contributed by atoms with Crippen LogP contribution < -0.4 is 5.32 Å². The lowest BCUT2D eigenvalue weighted by Crippen LogP contribution is -2.19. The molecule has 0 aliphatic rings. The standard InChI is InChI=1S/C11H15N3S2/c1-3-4-13-8(2)9-6-15-11(14-9)10-5-12-7-16-10/h5-8,13H,3-4H2,1-2H3. The summed E-state index contributed by atoms with van der Waals surface area (Å²) in [5, 5.41) is 6.64. The van der Waals surface area contributed by atoms with Crippen LogP contribution in [0, 0.1) is 0 Å². The van der Waals surface area contributed by atoms with Crippen LogP contribution in [-0.4, -0.2) is 16.5 Å². The molecule has 0 saturated carbocycles. The Morgan fingerprint density at radius 1 is 1.44 bits per heavy atom. The monoisotopic (exact) mass is 253 g/mol. The maximum atomic E-state index is 4.63. The molecule has 0 amide bonds. The minimum absolute atomic E-state index is 0.331. The molecule has 1 atom stereocenters. The van der Waals surface area contributed by atoms with E-state index in [9.17, 15) is 0 Å². The molecule has 86 valence electrons.